The summed E-state index contributed by atoms with van der Waals surface area (Å²) in [5.41, 5.74) is 1.49. The number of hydrogen-bond donors (Lipinski definition) is 2. The van der Waals surface area contributed by atoms with E-state index in [-0.39, 0.29) is 22.8 Å². The number of nitrogens with one attached hydrogen (secondary N) is 2. The van der Waals surface area contributed by atoms with Gasteiger partial charge in [0.05, 0.1) is 10.4 Å². The highest BCUT2D eigenvalue weighted by atomic mass is 32.2. The summed E-state index contributed by atoms with van der Waals surface area (Å²) in [5, 5.41) is 2.91. The molecule has 10 heteroatoms. The normalized spacial score (nSPS) is 17.8. The SMILES string of the molecule is C[C@@H]1CCCN(CCCNC(=O)[C@H](Cc2ccccc2)NS(=O)(=O)c2ccc3c(c2)oc(=O)n3C)C1. The average molecular weight is 515 g/mol. The van der Waals surface area contributed by atoms with Crippen LogP contribution in [-0.4, -0.2) is 56.0 Å². The van der Waals surface area contributed by atoms with E-state index in [0.717, 1.165) is 31.6 Å². The Bertz CT molecular complexity index is 1350. The smallest absolute Gasteiger partial charge is 0.408 e. The first kappa shape index (κ1) is 26.1. The van der Waals surface area contributed by atoms with E-state index >= 15 is 0 Å². The predicted octanol–water partition coefficient (Wildman–Crippen LogP) is 2.26. The number of oxazole rings is 1. The summed E-state index contributed by atoms with van der Waals surface area (Å²) in [6.45, 7) is 5.80. The molecule has 0 unspecified atom stereocenters. The number of likely N-dealkylation sites (tertiary alicyclic amines) is 1. The van der Waals surface area contributed by atoms with E-state index < -0.39 is 21.8 Å². The summed E-state index contributed by atoms with van der Waals surface area (Å²) in [6.07, 6.45) is 3.47. The largest absolute Gasteiger partial charge is 0.419 e. The van der Waals surface area contributed by atoms with Gasteiger partial charge in [-0.3, -0.25) is 9.36 Å². The summed E-state index contributed by atoms with van der Waals surface area (Å²) in [6, 6.07) is 12.5. The van der Waals surface area contributed by atoms with E-state index in [1.807, 2.05) is 30.3 Å². The van der Waals surface area contributed by atoms with Crippen LogP contribution in [0.5, 0.6) is 0 Å². The number of sulfonamides is 1. The van der Waals surface area contributed by atoms with Crippen LogP contribution in [0.4, 0.5) is 0 Å². The lowest BCUT2D eigenvalue weighted by atomic mass is 10.0. The molecule has 2 heterocycles. The first-order chi connectivity index (χ1) is 17.2. The van der Waals surface area contributed by atoms with Gasteiger partial charge in [-0.15, -0.1) is 0 Å². The summed E-state index contributed by atoms with van der Waals surface area (Å²) in [7, 11) is -2.52. The number of amides is 1. The molecule has 194 valence electrons. The number of aryl methyl sites for hydroxylation is 1. The van der Waals surface area contributed by atoms with Crippen molar-refractivity contribution in [3.63, 3.8) is 0 Å². The van der Waals surface area contributed by atoms with Crippen LogP contribution in [0.3, 0.4) is 0 Å². The Morgan fingerprint density at radius 1 is 1.19 bits per heavy atom. The fourth-order valence-corrected chi connectivity index (χ4v) is 5.91. The van der Waals surface area contributed by atoms with Crippen LogP contribution in [0, 0.1) is 5.92 Å². The molecule has 1 aromatic heterocycles. The number of aromatic nitrogens is 1. The second-order valence-electron chi connectivity index (χ2n) is 9.61. The standard InChI is InChI=1S/C26H34N4O5S/c1-19-8-6-14-30(18-19)15-7-13-27-25(31)22(16-20-9-4-3-5-10-20)28-36(33,34)21-11-12-23-24(17-21)35-26(32)29(23)2/h3-5,9-12,17,19,22,28H,6-8,13-16,18H2,1-2H3,(H,27,31)/t19-,22+/m1/s1. The van der Waals surface area contributed by atoms with Gasteiger partial charge in [0.15, 0.2) is 5.58 Å². The zero-order valence-corrected chi connectivity index (χ0v) is 21.6. The highest BCUT2D eigenvalue weighted by Gasteiger charge is 2.27. The molecule has 0 bridgehead atoms. The number of carbonyl (C=O) groups is 1. The maximum Gasteiger partial charge on any atom is 0.419 e. The van der Waals surface area contributed by atoms with Crippen molar-refractivity contribution in [2.75, 3.05) is 26.2 Å². The molecule has 0 radical (unpaired) electrons. The quantitative estimate of drug-likeness (QED) is 0.401. The minimum Gasteiger partial charge on any atom is -0.408 e. The highest BCUT2D eigenvalue weighted by molar-refractivity contribution is 7.89. The Kier molecular flexibility index (Phi) is 8.28. The monoisotopic (exact) mass is 514 g/mol. The van der Waals surface area contributed by atoms with E-state index in [9.17, 15) is 18.0 Å². The second kappa shape index (κ2) is 11.4. The molecule has 0 saturated carbocycles. The Labute approximate surface area is 211 Å². The molecule has 36 heavy (non-hydrogen) atoms. The summed E-state index contributed by atoms with van der Waals surface area (Å²) in [5.74, 6) is -0.254. The van der Waals surface area contributed by atoms with E-state index in [2.05, 4.69) is 21.9 Å². The fraction of sp³-hybridized carbons (Fsp3) is 0.462. The van der Waals surface area contributed by atoms with E-state index in [0.29, 0.717) is 18.0 Å². The lowest BCUT2D eigenvalue weighted by molar-refractivity contribution is -0.122. The molecule has 1 aliphatic rings. The molecule has 2 aromatic carbocycles. The molecule has 2 atom stereocenters. The Morgan fingerprint density at radius 2 is 1.97 bits per heavy atom. The van der Waals surface area contributed by atoms with E-state index in [4.69, 9.17) is 4.42 Å². The molecule has 0 spiro atoms. The topological polar surface area (TPSA) is 114 Å². The molecule has 1 fully saturated rings. The molecule has 1 amide bonds. The van der Waals surface area contributed by atoms with Gasteiger partial charge < -0.3 is 14.6 Å². The van der Waals surface area contributed by atoms with Crippen LogP contribution in [0.25, 0.3) is 11.1 Å². The summed E-state index contributed by atoms with van der Waals surface area (Å²) >= 11 is 0. The van der Waals surface area contributed by atoms with Gasteiger partial charge in [0.25, 0.3) is 0 Å². The molecule has 0 aliphatic carbocycles. The third kappa shape index (κ3) is 6.43. The zero-order valence-electron chi connectivity index (χ0n) is 20.8. The highest BCUT2D eigenvalue weighted by Crippen LogP contribution is 2.19. The number of fused-ring (bicyclic) bond motifs is 1. The fourth-order valence-electron chi connectivity index (χ4n) is 4.70. The third-order valence-corrected chi connectivity index (χ3v) is 8.13. The third-order valence-electron chi connectivity index (χ3n) is 6.66. The number of carbonyl (C=O) groups excluding carboxylic acids is 1. The molecule has 1 saturated heterocycles. The number of benzene rings is 2. The van der Waals surface area contributed by atoms with Gasteiger partial charge in [-0.2, -0.15) is 4.72 Å². The Hall–Kier alpha value is -2.95. The number of nitrogens with zero attached hydrogens (tertiary/aromatic N) is 2. The lowest BCUT2D eigenvalue weighted by Crippen LogP contribution is -2.48. The minimum absolute atomic E-state index is 0.0746. The van der Waals surface area contributed by atoms with E-state index in [1.54, 1.807) is 7.05 Å². The summed E-state index contributed by atoms with van der Waals surface area (Å²) < 4.78 is 35.4. The van der Waals surface area contributed by atoms with Crippen LogP contribution >= 0.6 is 0 Å². The zero-order chi connectivity index (χ0) is 25.7. The first-order valence-corrected chi connectivity index (χ1v) is 13.9. The number of rotatable bonds is 10. The number of hydrogen-bond acceptors (Lipinski definition) is 6. The van der Waals surface area contributed by atoms with Crippen LogP contribution in [0.15, 0.2) is 62.6 Å². The van der Waals surface area contributed by atoms with Crippen LogP contribution in [0.2, 0.25) is 0 Å². The van der Waals surface area contributed by atoms with E-state index in [1.165, 1.54) is 35.6 Å². The van der Waals surface area contributed by atoms with Crippen molar-refractivity contribution in [2.45, 2.75) is 43.5 Å². The van der Waals surface area contributed by atoms with Gasteiger partial charge in [0, 0.05) is 26.2 Å². The van der Waals surface area contributed by atoms with Crippen molar-refractivity contribution in [3.8, 4) is 0 Å². The molecular formula is C26H34N4O5S. The average Bonchev–Trinajstić information content (AvgIpc) is 3.14. The summed E-state index contributed by atoms with van der Waals surface area (Å²) in [4.78, 5) is 27.2. The number of piperidine rings is 1. The van der Waals surface area contributed by atoms with Gasteiger partial charge in [0.1, 0.15) is 6.04 Å². The van der Waals surface area contributed by atoms with Crippen molar-refractivity contribution < 1.29 is 17.6 Å². The van der Waals surface area contributed by atoms with Gasteiger partial charge in [0.2, 0.25) is 15.9 Å². The molecule has 9 nitrogen and oxygen atoms in total. The van der Waals surface area contributed by atoms with Gasteiger partial charge in [-0.05, 0) is 62.4 Å². The van der Waals surface area contributed by atoms with Gasteiger partial charge >= 0.3 is 5.76 Å². The van der Waals surface area contributed by atoms with Crippen molar-refractivity contribution >= 4 is 27.0 Å². The van der Waals surface area contributed by atoms with Crippen molar-refractivity contribution in [2.24, 2.45) is 13.0 Å². The molecule has 3 aromatic rings. The van der Waals surface area contributed by atoms with Crippen LogP contribution in [0.1, 0.15) is 31.7 Å². The van der Waals surface area contributed by atoms with Gasteiger partial charge in [-0.1, -0.05) is 37.3 Å². The second-order valence-corrected chi connectivity index (χ2v) is 11.3. The van der Waals surface area contributed by atoms with Gasteiger partial charge in [-0.25, -0.2) is 13.2 Å². The van der Waals surface area contributed by atoms with Crippen molar-refractivity contribution in [1.82, 2.24) is 19.5 Å². The van der Waals surface area contributed by atoms with Crippen LogP contribution < -0.4 is 15.8 Å². The maximum absolute atomic E-state index is 13.2. The van der Waals surface area contributed by atoms with Crippen molar-refractivity contribution in [1.29, 1.82) is 0 Å². The molecule has 2 N–H and O–H groups in total. The molecule has 1 aliphatic heterocycles. The van der Waals surface area contributed by atoms with Crippen LogP contribution in [-0.2, 0) is 28.3 Å². The Balaban J connectivity index is 1.44. The molecular weight excluding hydrogens is 480 g/mol. The predicted molar refractivity (Wildman–Crippen MR) is 138 cm³/mol. The first-order valence-electron chi connectivity index (χ1n) is 12.4. The minimum atomic E-state index is -4.06. The lowest BCUT2D eigenvalue weighted by Gasteiger charge is -2.30. The van der Waals surface area contributed by atoms with Crippen molar-refractivity contribution in [3.05, 3.63) is 64.6 Å². The maximum atomic E-state index is 13.2. The molecule has 4 rings (SSSR count). The Morgan fingerprint density at radius 3 is 2.72 bits per heavy atom.